The Hall–Kier alpha value is -2.40. The Balaban J connectivity index is 2.24. The monoisotopic (exact) mass is 343 g/mol. The van der Waals surface area contributed by atoms with Crippen LogP contribution in [0.5, 0.6) is 0 Å². The SMILES string of the molecule is COC(=O)c1ccc2c(n1)c(CC(C)C)nn2-c1ccccc1Cl. The van der Waals surface area contributed by atoms with Gasteiger partial charge in [-0.1, -0.05) is 37.6 Å². The number of methoxy groups -OCH3 is 1. The Bertz CT molecular complexity index is 902. The van der Waals surface area contributed by atoms with Gasteiger partial charge in [0.1, 0.15) is 11.2 Å². The lowest BCUT2D eigenvalue weighted by Gasteiger charge is -2.05. The zero-order chi connectivity index (χ0) is 17.3. The minimum atomic E-state index is -0.460. The van der Waals surface area contributed by atoms with Crippen molar-refractivity contribution in [3.05, 3.63) is 52.8 Å². The fourth-order valence-electron chi connectivity index (χ4n) is 2.61. The first-order valence-corrected chi connectivity index (χ1v) is 8.11. The highest BCUT2D eigenvalue weighted by atomic mass is 35.5. The summed E-state index contributed by atoms with van der Waals surface area (Å²) < 4.78 is 6.55. The molecule has 0 aliphatic carbocycles. The number of benzene rings is 1. The molecule has 0 saturated heterocycles. The lowest BCUT2D eigenvalue weighted by molar-refractivity contribution is 0.0594. The van der Waals surface area contributed by atoms with Gasteiger partial charge in [0, 0.05) is 0 Å². The molecule has 0 bridgehead atoms. The van der Waals surface area contributed by atoms with Gasteiger partial charge in [0.2, 0.25) is 0 Å². The largest absolute Gasteiger partial charge is 0.464 e. The molecule has 1 aromatic carbocycles. The topological polar surface area (TPSA) is 57.0 Å². The van der Waals surface area contributed by atoms with Crippen LogP contribution in [0.1, 0.15) is 30.0 Å². The number of halogens is 1. The molecule has 2 heterocycles. The van der Waals surface area contributed by atoms with Crippen molar-refractivity contribution in [2.45, 2.75) is 20.3 Å². The van der Waals surface area contributed by atoms with Gasteiger partial charge in [-0.2, -0.15) is 5.10 Å². The standard InChI is InChI=1S/C18H18ClN3O2/c1-11(2)10-14-17-16(9-8-13(20-17)18(23)24-3)22(21-14)15-7-5-4-6-12(15)19/h4-9,11H,10H2,1-3H3. The van der Waals surface area contributed by atoms with E-state index < -0.39 is 5.97 Å². The summed E-state index contributed by atoms with van der Waals surface area (Å²) in [4.78, 5) is 16.3. The summed E-state index contributed by atoms with van der Waals surface area (Å²) in [6.07, 6.45) is 0.756. The Morgan fingerprint density at radius 1 is 1.25 bits per heavy atom. The summed E-state index contributed by atoms with van der Waals surface area (Å²) in [5.74, 6) is -0.0516. The maximum absolute atomic E-state index is 11.8. The first-order valence-electron chi connectivity index (χ1n) is 7.73. The molecule has 0 spiro atoms. The second kappa shape index (κ2) is 6.61. The number of hydrogen-bond acceptors (Lipinski definition) is 4. The van der Waals surface area contributed by atoms with Crippen LogP contribution >= 0.6 is 11.6 Å². The van der Waals surface area contributed by atoms with Gasteiger partial charge in [-0.25, -0.2) is 14.5 Å². The first-order chi connectivity index (χ1) is 11.5. The Labute approximate surface area is 145 Å². The molecular formula is C18H18ClN3O2. The normalized spacial score (nSPS) is 11.2. The lowest BCUT2D eigenvalue weighted by atomic mass is 10.1. The fourth-order valence-corrected chi connectivity index (χ4v) is 2.82. The predicted octanol–water partition coefficient (Wildman–Crippen LogP) is 4.06. The molecular weight excluding hydrogens is 326 g/mol. The molecule has 0 N–H and O–H groups in total. The van der Waals surface area contributed by atoms with Gasteiger partial charge in [-0.05, 0) is 36.6 Å². The third-order valence-corrected chi connectivity index (χ3v) is 3.99. The zero-order valence-corrected chi connectivity index (χ0v) is 14.5. The second-order valence-electron chi connectivity index (χ2n) is 5.96. The Kier molecular flexibility index (Phi) is 4.53. The molecule has 3 rings (SSSR count). The van der Waals surface area contributed by atoms with E-state index in [0.717, 1.165) is 23.3 Å². The maximum atomic E-state index is 11.8. The molecule has 0 atom stereocenters. The van der Waals surface area contributed by atoms with Crippen molar-refractivity contribution in [2.24, 2.45) is 5.92 Å². The van der Waals surface area contributed by atoms with Gasteiger partial charge in [0.05, 0.1) is 29.0 Å². The molecule has 2 aromatic heterocycles. The van der Waals surface area contributed by atoms with Gasteiger partial charge in [0.25, 0.3) is 0 Å². The first kappa shape index (κ1) is 16.5. The number of rotatable bonds is 4. The molecule has 3 aromatic rings. The Morgan fingerprint density at radius 2 is 2.00 bits per heavy atom. The third kappa shape index (κ3) is 2.99. The van der Waals surface area contributed by atoms with Crippen molar-refractivity contribution in [3.8, 4) is 5.69 Å². The Morgan fingerprint density at radius 3 is 2.67 bits per heavy atom. The van der Waals surface area contributed by atoms with Crippen LogP contribution < -0.4 is 0 Å². The van der Waals surface area contributed by atoms with Crippen LogP contribution in [0.25, 0.3) is 16.7 Å². The lowest BCUT2D eigenvalue weighted by Crippen LogP contribution is -2.04. The summed E-state index contributed by atoms with van der Waals surface area (Å²) in [5, 5.41) is 5.31. The van der Waals surface area contributed by atoms with E-state index in [-0.39, 0.29) is 5.69 Å². The smallest absolute Gasteiger partial charge is 0.356 e. The van der Waals surface area contributed by atoms with E-state index in [1.54, 1.807) is 10.7 Å². The molecule has 6 heteroatoms. The van der Waals surface area contributed by atoms with E-state index in [2.05, 4.69) is 18.8 Å². The minimum absolute atomic E-state index is 0.272. The van der Waals surface area contributed by atoms with E-state index >= 15 is 0 Å². The van der Waals surface area contributed by atoms with Crippen molar-refractivity contribution in [1.29, 1.82) is 0 Å². The second-order valence-corrected chi connectivity index (χ2v) is 6.37. The highest BCUT2D eigenvalue weighted by molar-refractivity contribution is 6.32. The van der Waals surface area contributed by atoms with E-state index in [1.807, 2.05) is 30.3 Å². The molecule has 24 heavy (non-hydrogen) atoms. The summed E-state index contributed by atoms with van der Waals surface area (Å²) in [5.41, 5.74) is 3.41. The zero-order valence-electron chi connectivity index (χ0n) is 13.8. The number of nitrogens with zero attached hydrogens (tertiary/aromatic N) is 3. The quantitative estimate of drug-likeness (QED) is 0.670. The van der Waals surface area contributed by atoms with Crippen LogP contribution in [0.15, 0.2) is 36.4 Å². The molecule has 0 unspecified atom stereocenters. The number of aromatic nitrogens is 3. The number of para-hydroxylation sites is 1. The van der Waals surface area contributed by atoms with Gasteiger partial charge in [-0.3, -0.25) is 0 Å². The number of pyridine rings is 1. The van der Waals surface area contributed by atoms with Crippen LogP contribution in [0.3, 0.4) is 0 Å². The van der Waals surface area contributed by atoms with E-state index in [0.29, 0.717) is 16.5 Å². The molecule has 0 aliphatic rings. The van der Waals surface area contributed by atoms with Gasteiger partial charge in [-0.15, -0.1) is 0 Å². The number of carbonyl (C=O) groups is 1. The number of esters is 1. The summed E-state index contributed by atoms with van der Waals surface area (Å²) in [6, 6.07) is 11.0. The number of ether oxygens (including phenoxy) is 1. The highest BCUT2D eigenvalue weighted by Crippen LogP contribution is 2.27. The molecule has 0 fully saturated rings. The van der Waals surface area contributed by atoms with Crippen LogP contribution in [-0.4, -0.2) is 27.8 Å². The maximum Gasteiger partial charge on any atom is 0.356 e. The van der Waals surface area contributed by atoms with E-state index in [1.165, 1.54) is 7.11 Å². The van der Waals surface area contributed by atoms with Crippen molar-refractivity contribution >= 4 is 28.6 Å². The minimum Gasteiger partial charge on any atom is -0.464 e. The molecule has 0 radical (unpaired) electrons. The number of hydrogen-bond donors (Lipinski definition) is 0. The van der Waals surface area contributed by atoms with Gasteiger partial charge >= 0.3 is 5.97 Å². The molecule has 0 amide bonds. The van der Waals surface area contributed by atoms with Crippen molar-refractivity contribution < 1.29 is 9.53 Å². The van der Waals surface area contributed by atoms with Crippen LogP contribution in [0, 0.1) is 5.92 Å². The average Bonchev–Trinajstić information content (AvgIpc) is 2.91. The molecule has 0 saturated carbocycles. The van der Waals surface area contributed by atoms with Crippen molar-refractivity contribution in [2.75, 3.05) is 7.11 Å². The van der Waals surface area contributed by atoms with E-state index in [9.17, 15) is 4.79 Å². The predicted molar refractivity (Wildman–Crippen MR) is 93.8 cm³/mol. The molecule has 0 aliphatic heterocycles. The molecule has 124 valence electrons. The highest BCUT2D eigenvalue weighted by Gasteiger charge is 2.18. The van der Waals surface area contributed by atoms with Crippen molar-refractivity contribution in [1.82, 2.24) is 14.8 Å². The van der Waals surface area contributed by atoms with Crippen LogP contribution in [0.4, 0.5) is 0 Å². The number of fused-ring (bicyclic) bond motifs is 1. The third-order valence-electron chi connectivity index (χ3n) is 3.67. The van der Waals surface area contributed by atoms with Crippen LogP contribution in [-0.2, 0) is 11.2 Å². The number of carbonyl (C=O) groups excluding carboxylic acids is 1. The van der Waals surface area contributed by atoms with Gasteiger partial charge < -0.3 is 4.74 Å². The van der Waals surface area contributed by atoms with Gasteiger partial charge in [0.15, 0.2) is 0 Å². The summed E-state index contributed by atoms with van der Waals surface area (Å²) in [7, 11) is 1.34. The van der Waals surface area contributed by atoms with E-state index in [4.69, 9.17) is 21.4 Å². The summed E-state index contributed by atoms with van der Waals surface area (Å²) >= 11 is 6.32. The average molecular weight is 344 g/mol. The fraction of sp³-hybridized carbons (Fsp3) is 0.278. The summed E-state index contributed by atoms with van der Waals surface area (Å²) in [6.45, 7) is 4.23. The van der Waals surface area contributed by atoms with Crippen molar-refractivity contribution in [3.63, 3.8) is 0 Å². The molecule has 5 nitrogen and oxygen atoms in total. The van der Waals surface area contributed by atoms with Crippen LogP contribution in [0.2, 0.25) is 5.02 Å².